The number of nitrogens with one attached hydrogen (secondary N) is 1. The minimum Gasteiger partial charge on any atom is -0.368 e. The molecule has 2 aliphatic heterocycles. The van der Waals surface area contributed by atoms with Crippen LogP contribution in [0.1, 0.15) is 28.8 Å². The highest BCUT2D eigenvalue weighted by atomic mass is 16.5. The molecule has 0 aliphatic carbocycles. The molecule has 1 fully saturated rings. The summed E-state index contributed by atoms with van der Waals surface area (Å²) in [6.45, 7) is 1.32. The predicted octanol–water partition coefficient (Wildman–Crippen LogP) is 3.01. The number of carbonyl (C=O) groups excluding carboxylic acids is 2. The lowest BCUT2D eigenvalue weighted by Crippen LogP contribution is -2.29. The number of ether oxygens (including phenoxy) is 1. The average Bonchev–Trinajstić information content (AvgIpc) is 3.31. The molecular weight excluding hydrogens is 316 g/mol. The zero-order valence-electron chi connectivity index (χ0n) is 13.9. The molecule has 0 saturated carbocycles. The maximum Gasteiger partial charge on any atom is 0.258 e. The van der Waals surface area contributed by atoms with Crippen molar-refractivity contribution in [1.29, 1.82) is 0 Å². The van der Waals surface area contributed by atoms with Crippen LogP contribution in [0.3, 0.4) is 0 Å². The number of rotatable bonds is 3. The van der Waals surface area contributed by atoms with E-state index in [-0.39, 0.29) is 17.9 Å². The van der Waals surface area contributed by atoms with Gasteiger partial charge < -0.3 is 15.0 Å². The Morgan fingerprint density at radius 3 is 2.84 bits per heavy atom. The van der Waals surface area contributed by atoms with Crippen LogP contribution in [0.25, 0.3) is 0 Å². The van der Waals surface area contributed by atoms with Gasteiger partial charge in [0.1, 0.15) is 6.10 Å². The number of para-hydroxylation sites is 1. The van der Waals surface area contributed by atoms with Crippen LogP contribution in [-0.4, -0.2) is 31.1 Å². The van der Waals surface area contributed by atoms with Crippen LogP contribution in [0.5, 0.6) is 0 Å². The molecule has 128 valence electrons. The molecule has 0 radical (unpaired) electrons. The van der Waals surface area contributed by atoms with Crippen molar-refractivity contribution in [2.45, 2.75) is 25.4 Å². The van der Waals surface area contributed by atoms with Gasteiger partial charge in [-0.15, -0.1) is 0 Å². The Balaban J connectivity index is 1.51. The second-order valence-electron chi connectivity index (χ2n) is 6.41. The van der Waals surface area contributed by atoms with E-state index in [0.29, 0.717) is 24.4 Å². The van der Waals surface area contributed by atoms with E-state index < -0.39 is 0 Å². The van der Waals surface area contributed by atoms with Crippen molar-refractivity contribution in [2.24, 2.45) is 0 Å². The van der Waals surface area contributed by atoms with E-state index in [0.717, 1.165) is 24.9 Å². The van der Waals surface area contributed by atoms with Crippen LogP contribution in [0, 0.1) is 0 Å². The zero-order valence-corrected chi connectivity index (χ0v) is 13.9. The van der Waals surface area contributed by atoms with Gasteiger partial charge in [0.15, 0.2) is 0 Å². The average molecular weight is 336 g/mol. The molecule has 0 spiro atoms. The maximum absolute atomic E-state index is 12.9. The van der Waals surface area contributed by atoms with E-state index >= 15 is 0 Å². The SMILES string of the molecule is O=C(Nc1cccc(C(=O)N2CCc3ccccc32)c1)C1CCCO1. The number of amides is 2. The Morgan fingerprint density at radius 2 is 2.00 bits per heavy atom. The van der Waals surface area contributed by atoms with E-state index in [1.54, 1.807) is 29.2 Å². The van der Waals surface area contributed by atoms with Crippen LogP contribution < -0.4 is 10.2 Å². The van der Waals surface area contributed by atoms with E-state index in [1.807, 2.05) is 18.2 Å². The largest absolute Gasteiger partial charge is 0.368 e. The minimum atomic E-state index is -0.384. The fourth-order valence-corrected chi connectivity index (χ4v) is 3.44. The monoisotopic (exact) mass is 336 g/mol. The van der Waals surface area contributed by atoms with Gasteiger partial charge in [-0.1, -0.05) is 24.3 Å². The number of benzene rings is 2. The van der Waals surface area contributed by atoms with Crippen molar-refractivity contribution in [3.63, 3.8) is 0 Å². The third kappa shape index (κ3) is 3.15. The van der Waals surface area contributed by atoms with Crippen LogP contribution >= 0.6 is 0 Å². The molecule has 2 aromatic carbocycles. The Kier molecular flexibility index (Phi) is 4.24. The first kappa shape index (κ1) is 15.8. The quantitative estimate of drug-likeness (QED) is 0.937. The Hall–Kier alpha value is -2.66. The number of fused-ring (bicyclic) bond motifs is 1. The second kappa shape index (κ2) is 6.69. The smallest absolute Gasteiger partial charge is 0.258 e. The topological polar surface area (TPSA) is 58.6 Å². The van der Waals surface area contributed by atoms with Crippen LogP contribution in [-0.2, 0) is 16.0 Å². The fraction of sp³-hybridized carbons (Fsp3) is 0.300. The van der Waals surface area contributed by atoms with Crippen LogP contribution in [0.2, 0.25) is 0 Å². The lowest BCUT2D eigenvalue weighted by atomic mass is 10.1. The molecule has 1 N–H and O–H groups in total. The lowest BCUT2D eigenvalue weighted by Gasteiger charge is -2.18. The number of anilines is 2. The van der Waals surface area contributed by atoms with Crippen molar-refractivity contribution >= 4 is 23.2 Å². The summed E-state index contributed by atoms with van der Waals surface area (Å²) in [4.78, 5) is 26.9. The van der Waals surface area contributed by atoms with Crippen LogP contribution in [0.15, 0.2) is 48.5 Å². The molecule has 5 heteroatoms. The Morgan fingerprint density at radius 1 is 1.12 bits per heavy atom. The molecule has 0 aromatic heterocycles. The summed E-state index contributed by atoms with van der Waals surface area (Å²) in [5.41, 5.74) is 3.36. The van der Waals surface area contributed by atoms with Crippen molar-refractivity contribution < 1.29 is 14.3 Å². The van der Waals surface area contributed by atoms with E-state index in [9.17, 15) is 9.59 Å². The zero-order chi connectivity index (χ0) is 17.2. The predicted molar refractivity (Wildman–Crippen MR) is 95.9 cm³/mol. The molecule has 2 aliphatic rings. The van der Waals surface area contributed by atoms with Gasteiger partial charge in [0.2, 0.25) is 0 Å². The van der Waals surface area contributed by atoms with Gasteiger partial charge in [-0.25, -0.2) is 0 Å². The normalized spacial score (nSPS) is 18.9. The number of carbonyl (C=O) groups is 2. The van der Waals surface area contributed by atoms with Crippen molar-refractivity contribution in [2.75, 3.05) is 23.4 Å². The number of hydrogen-bond donors (Lipinski definition) is 1. The summed E-state index contributed by atoms with van der Waals surface area (Å²) in [6, 6.07) is 15.1. The fourth-order valence-electron chi connectivity index (χ4n) is 3.44. The molecule has 1 atom stereocenters. The van der Waals surface area contributed by atoms with E-state index in [1.165, 1.54) is 5.56 Å². The Labute approximate surface area is 146 Å². The first-order valence-electron chi connectivity index (χ1n) is 8.65. The van der Waals surface area contributed by atoms with Gasteiger partial charge in [0, 0.05) is 30.1 Å². The summed E-state index contributed by atoms with van der Waals surface area (Å²) < 4.78 is 5.40. The molecule has 1 unspecified atom stereocenters. The third-order valence-corrected chi connectivity index (χ3v) is 4.73. The van der Waals surface area contributed by atoms with Crippen LogP contribution in [0.4, 0.5) is 11.4 Å². The summed E-state index contributed by atoms with van der Waals surface area (Å²) in [7, 11) is 0. The number of hydrogen-bond acceptors (Lipinski definition) is 3. The van der Waals surface area contributed by atoms with Gasteiger partial charge in [-0.2, -0.15) is 0 Å². The molecule has 1 saturated heterocycles. The highest BCUT2D eigenvalue weighted by Gasteiger charge is 2.26. The van der Waals surface area contributed by atoms with E-state index in [2.05, 4.69) is 11.4 Å². The summed E-state index contributed by atoms with van der Waals surface area (Å²) in [5, 5.41) is 2.85. The molecule has 2 heterocycles. The molecule has 0 bridgehead atoms. The summed E-state index contributed by atoms with van der Waals surface area (Å²) in [5.74, 6) is -0.188. The molecular formula is C20H20N2O3. The van der Waals surface area contributed by atoms with Crippen molar-refractivity contribution in [3.05, 3.63) is 59.7 Å². The van der Waals surface area contributed by atoms with E-state index in [4.69, 9.17) is 4.74 Å². The number of nitrogens with zero attached hydrogens (tertiary/aromatic N) is 1. The maximum atomic E-state index is 12.9. The van der Waals surface area contributed by atoms with Gasteiger partial charge in [-0.05, 0) is 49.1 Å². The van der Waals surface area contributed by atoms with Gasteiger partial charge in [0.25, 0.3) is 11.8 Å². The first-order valence-corrected chi connectivity index (χ1v) is 8.65. The Bertz CT molecular complexity index is 812. The van der Waals surface area contributed by atoms with Crippen molar-refractivity contribution in [1.82, 2.24) is 0 Å². The molecule has 25 heavy (non-hydrogen) atoms. The summed E-state index contributed by atoms with van der Waals surface area (Å²) >= 11 is 0. The van der Waals surface area contributed by atoms with Gasteiger partial charge in [-0.3, -0.25) is 9.59 Å². The van der Waals surface area contributed by atoms with Gasteiger partial charge in [0.05, 0.1) is 0 Å². The highest BCUT2D eigenvalue weighted by molar-refractivity contribution is 6.08. The molecule has 2 aromatic rings. The first-order chi connectivity index (χ1) is 12.2. The second-order valence-corrected chi connectivity index (χ2v) is 6.41. The molecule has 4 rings (SSSR count). The third-order valence-electron chi connectivity index (χ3n) is 4.73. The standard InChI is InChI=1S/C20H20N2O3/c23-19(18-9-4-12-25-18)21-16-7-3-6-15(13-16)20(24)22-11-10-14-5-1-2-8-17(14)22/h1-3,5-8,13,18H,4,9-12H2,(H,21,23). The highest BCUT2D eigenvalue weighted by Crippen LogP contribution is 2.29. The molecule has 5 nitrogen and oxygen atoms in total. The summed E-state index contributed by atoms with van der Waals surface area (Å²) in [6.07, 6.45) is 2.14. The molecule has 2 amide bonds. The van der Waals surface area contributed by atoms with Crippen molar-refractivity contribution in [3.8, 4) is 0 Å². The lowest BCUT2D eigenvalue weighted by molar-refractivity contribution is -0.124. The minimum absolute atomic E-state index is 0.0434. The van der Waals surface area contributed by atoms with Gasteiger partial charge >= 0.3 is 0 Å².